The molecule has 0 saturated carbocycles. The van der Waals surface area contributed by atoms with Crippen molar-refractivity contribution in [1.29, 1.82) is 0 Å². The minimum Gasteiger partial charge on any atom is -0.354 e. The predicted octanol–water partition coefficient (Wildman–Crippen LogP) is 2.51. The van der Waals surface area contributed by atoms with E-state index in [0.29, 0.717) is 6.61 Å². The molecule has 1 aromatic rings. The van der Waals surface area contributed by atoms with Gasteiger partial charge in [-0.25, -0.2) is 0 Å². The molecule has 3 nitrogen and oxygen atoms in total. The van der Waals surface area contributed by atoms with Crippen LogP contribution in [-0.4, -0.2) is 23.1 Å². The highest BCUT2D eigenvalue weighted by molar-refractivity contribution is 5.88. The van der Waals surface area contributed by atoms with E-state index >= 15 is 0 Å². The minimum atomic E-state index is -0.578. The summed E-state index contributed by atoms with van der Waals surface area (Å²) in [7, 11) is 0. The summed E-state index contributed by atoms with van der Waals surface area (Å²) >= 11 is 0. The molecular weight excluding hydrogens is 214 g/mol. The topological polar surface area (TPSA) is 29.5 Å². The maximum absolute atomic E-state index is 11.9. The Morgan fingerprint density at radius 2 is 2.12 bits per heavy atom. The van der Waals surface area contributed by atoms with Gasteiger partial charge < -0.3 is 9.64 Å². The van der Waals surface area contributed by atoms with Gasteiger partial charge in [-0.3, -0.25) is 4.79 Å². The van der Waals surface area contributed by atoms with E-state index < -0.39 is 5.72 Å². The Labute approximate surface area is 102 Å². The second-order valence-corrected chi connectivity index (χ2v) is 4.60. The van der Waals surface area contributed by atoms with E-state index in [0.717, 1.165) is 5.56 Å². The van der Waals surface area contributed by atoms with Crippen molar-refractivity contribution in [2.45, 2.75) is 25.6 Å². The van der Waals surface area contributed by atoms with Gasteiger partial charge in [0, 0.05) is 0 Å². The Morgan fingerprint density at radius 1 is 1.47 bits per heavy atom. The van der Waals surface area contributed by atoms with Crippen LogP contribution in [0.1, 0.15) is 25.5 Å². The molecule has 0 radical (unpaired) electrons. The van der Waals surface area contributed by atoms with Crippen molar-refractivity contribution in [1.82, 2.24) is 4.90 Å². The summed E-state index contributed by atoms with van der Waals surface area (Å²) in [6.45, 7) is 7.88. The van der Waals surface area contributed by atoms with Crippen molar-refractivity contribution in [3.8, 4) is 0 Å². The summed E-state index contributed by atoms with van der Waals surface area (Å²) in [4.78, 5) is 13.7. The predicted molar refractivity (Wildman–Crippen MR) is 66.3 cm³/mol. The van der Waals surface area contributed by atoms with Gasteiger partial charge in [-0.15, -0.1) is 0 Å². The minimum absolute atomic E-state index is 0.0308. The van der Waals surface area contributed by atoms with Crippen LogP contribution in [0.25, 0.3) is 0 Å². The normalized spacial score (nSPS) is 22.5. The molecule has 0 aliphatic carbocycles. The van der Waals surface area contributed by atoms with Crippen LogP contribution in [0.4, 0.5) is 0 Å². The Kier molecular flexibility index (Phi) is 3.03. The maximum atomic E-state index is 11.9. The van der Waals surface area contributed by atoms with Crippen molar-refractivity contribution >= 4 is 5.91 Å². The number of benzene rings is 1. The fraction of sp³-hybridized carbons (Fsp3) is 0.357. The highest BCUT2D eigenvalue weighted by Crippen LogP contribution is 2.36. The van der Waals surface area contributed by atoms with Crippen LogP contribution in [0.15, 0.2) is 43.0 Å². The van der Waals surface area contributed by atoms with Crippen LogP contribution in [0.5, 0.6) is 0 Å². The second kappa shape index (κ2) is 4.34. The molecule has 1 aromatic carbocycles. The van der Waals surface area contributed by atoms with Crippen LogP contribution in [-0.2, 0) is 9.53 Å². The van der Waals surface area contributed by atoms with Crippen molar-refractivity contribution in [3.63, 3.8) is 0 Å². The van der Waals surface area contributed by atoms with E-state index in [9.17, 15) is 4.79 Å². The molecule has 1 heterocycles. The number of ether oxygens (including phenoxy) is 1. The Bertz CT molecular complexity index is 425. The van der Waals surface area contributed by atoms with Crippen molar-refractivity contribution in [3.05, 3.63) is 48.6 Å². The second-order valence-electron chi connectivity index (χ2n) is 4.60. The summed E-state index contributed by atoms with van der Waals surface area (Å²) < 4.78 is 5.70. The van der Waals surface area contributed by atoms with E-state index in [1.807, 2.05) is 44.2 Å². The van der Waals surface area contributed by atoms with Crippen LogP contribution in [0.3, 0.4) is 0 Å². The van der Waals surface area contributed by atoms with E-state index in [2.05, 4.69) is 6.58 Å². The van der Waals surface area contributed by atoms with Crippen molar-refractivity contribution in [2.24, 2.45) is 0 Å². The SMILES string of the molecule is C=CC(=O)N1[C@H](c2ccccc2)COC1(C)C. The molecule has 3 heteroatoms. The third-order valence-electron chi connectivity index (χ3n) is 3.08. The zero-order valence-corrected chi connectivity index (χ0v) is 10.2. The smallest absolute Gasteiger partial charge is 0.248 e. The lowest BCUT2D eigenvalue weighted by Crippen LogP contribution is -2.43. The molecule has 0 unspecified atom stereocenters. The van der Waals surface area contributed by atoms with Crippen LogP contribution >= 0.6 is 0 Å². The molecule has 0 spiro atoms. The van der Waals surface area contributed by atoms with Crippen LogP contribution in [0, 0.1) is 0 Å². The van der Waals surface area contributed by atoms with Crippen LogP contribution in [0.2, 0.25) is 0 Å². The molecule has 2 rings (SSSR count). The number of carbonyl (C=O) groups is 1. The first kappa shape index (κ1) is 11.9. The van der Waals surface area contributed by atoms with E-state index in [1.54, 1.807) is 4.90 Å². The number of rotatable bonds is 2. The Morgan fingerprint density at radius 3 is 2.71 bits per heavy atom. The van der Waals surface area contributed by atoms with E-state index in [4.69, 9.17) is 4.74 Å². The number of amides is 1. The first-order valence-corrected chi connectivity index (χ1v) is 5.71. The largest absolute Gasteiger partial charge is 0.354 e. The molecule has 1 amide bonds. The lowest BCUT2D eigenvalue weighted by atomic mass is 10.1. The summed E-state index contributed by atoms with van der Waals surface area (Å²) in [5.41, 5.74) is 0.513. The number of hydrogen-bond donors (Lipinski definition) is 0. The molecule has 1 saturated heterocycles. The Hall–Kier alpha value is -1.61. The molecule has 17 heavy (non-hydrogen) atoms. The molecule has 1 aliphatic heterocycles. The third-order valence-corrected chi connectivity index (χ3v) is 3.08. The molecule has 1 aliphatic rings. The maximum Gasteiger partial charge on any atom is 0.248 e. The number of carbonyl (C=O) groups excluding carboxylic acids is 1. The Balaban J connectivity index is 2.35. The zero-order valence-electron chi connectivity index (χ0n) is 10.2. The van der Waals surface area contributed by atoms with Gasteiger partial charge in [0.15, 0.2) is 0 Å². The monoisotopic (exact) mass is 231 g/mol. The standard InChI is InChI=1S/C14H17NO2/c1-4-13(16)15-12(10-17-14(15,2)3)11-8-6-5-7-9-11/h4-9,12H,1,10H2,2-3H3/t12-/m0/s1. The average molecular weight is 231 g/mol. The van der Waals surface area contributed by atoms with Gasteiger partial charge in [0.05, 0.1) is 12.6 Å². The average Bonchev–Trinajstić information content (AvgIpc) is 2.65. The number of hydrogen-bond acceptors (Lipinski definition) is 2. The molecule has 1 atom stereocenters. The molecular formula is C14H17NO2. The fourth-order valence-electron chi connectivity index (χ4n) is 2.24. The van der Waals surface area contributed by atoms with Crippen molar-refractivity contribution < 1.29 is 9.53 Å². The zero-order chi connectivity index (χ0) is 12.5. The van der Waals surface area contributed by atoms with Gasteiger partial charge in [-0.1, -0.05) is 36.9 Å². The first-order chi connectivity index (χ1) is 8.06. The molecule has 0 N–H and O–H groups in total. The quantitative estimate of drug-likeness (QED) is 0.732. The molecule has 0 aromatic heterocycles. The van der Waals surface area contributed by atoms with Gasteiger partial charge in [-0.2, -0.15) is 0 Å². The summed E-state index contributed by atoms with van der Waals surface area (Å²) in [6, 6.07) is 9.90. The van der Waals surface area contributed by atoms with Gasteiger partial charge in [0.2, 0.25) is 5.91 Å². The van der Waals surface area contributed by atoms with E-state index in [1.165, 1.54) is 6.08 Å². The highest BCUT2D eigenvalue weighted by Gasteiger charge is 2.43. The molecule has 90 valence electrons. The van der Waals surface area contributed by atoms with E-state index in [-0.39, 0.29) is 11.9 Å². The van der Waals surface area contributed by atoms with Crippen molar-refractivity contribution in [2.75, 3.05) is 6.61 Å². The van der Waals surface area contributed by atoms with Gasteiger partial charge >= 0.3 is 0 Å². The summed E-state index contributed by atoms with van der Waals surface area (Å²) in [5.74, 6) is -0.0960. The van der Waals surface area contributed by atoms with Gasteiger partial charge in [0.1, 0.15) is 5.72 Å². The third kappa shape index (κ3) is 2.11. The summed E-state index contributed by atoms with van der Waals surface area (Å²) in [6.07, 6.45) is 1.34. The number of nitrogens with zero attached hydrogens (tertiary/aromatic N) is 1. The first-order valence-electron chi connectivity index (χ1n) is 5.71. The van der Waals surface area contributed by atoms with Gasteiger partial charge in [-0.05, 0) is 25.5 Å². The highest BCUT2D eigenvalue weighted by atomic mass is 16.5. The fourth-order valence-corrected chi connectivity index (χ4v) is 2.24. The lowest BCUT2D eigenvalue weighted by molar-refractivity contribution is -0.140. The summed E-state index contributed by atoms with van der Waals surface area (Å²) in [5, 5.41) is 0. The van der Waals surface area contributed by atoms with Crippen LogP contribution < -0.4 is 0 Å². The lowest BCUT2D eigenvalue weighted by Gasteiger charge is -2.32. The molecule has 1 fully saturated rings. The van der Waals surface area contributed by atoms with Gasteiger partial charge in [0.25, 0.3) is 0 Å². The molecule has 0 bridgehead atoms.